The van der Waals surface area contributed by atoms with Gasteiger partial charge in [-0.3, -0.25) is 4.79 Å². The van der Waals surface area contributed by atoms with Crippen LogP contribution in [0.4, 0.5) is 0 Å². The summed E-state index contributed by atoms with van der Waals surface area (Å²) >= 11 is 0. The van der Waals surface area contributed by atoms with Crippen LogP contribution in [0.5, 0.6) is 11.5 Å². The van der Waals surface area contributed by atoms with Gasteiger partial charge in [0, 0.05) is 6.42 Å². The monoisotopic (exact) mass is 327 g/mol. The van der Waals surface area contributed by atoms with E-state index in [-0.39, 0.29) is 11.9 Å². The molecule has 0 fully saturated rings. The Hall–Kier alpha value is -2.49. The van der Waals surface area contributed by atoms with E-state index in [1.165, 1.54) is 0 Å². The minimum atomic E-state index is -0.189. The van der Waals surface area contributed by atoms with E-state index in [0.29, 0.717) is 13.0 Å². The summed E-state index contributed by atoms with van der Waals surface area (Å²) in [6.07, 6.45) is 1.34. The van der Waals surface area contributed by atoms with Gasteiger partial charge in [0.25, 0.3) is 0 Å². The third-order valence-corrected chi connectivity index (χ3v) is 3.76. The van der Waals surface area contributed by atoms with Crippen LogP contribution in [0.15, 0.2) is 48.5 Å². The minimum absolute atomic E-state index is 0.0483. The smallest absolute Gasteiger partial charge is 0.220 e. The molecular formula is C20H25NO3. The van der Waals surface area contributed by atoms with Gasteiger partial charge in [-0.15, -0.1) is 0 Å². The third-order valence-electron chi connectivity index (χ3n) is 3.76. The highest BCUT2D eigenvalue weighted by Crippen LogP contribution is 2.26. The number of hydrogen-bond donors (Lipinski definition) is 1. The fourth-order valence-electron chi connectivity index (χ4n) is 2.54. The molecule has 24 heavy (non-hydrogen) atoms. The number of methoxy groups -OCH3 is 1. The highest BCUT2D eigenvalue weighted by Gasteiger charge is 2.17. The summed E-state index contributed by atoms with van der Waals surface area (Å²) < 4.78 is 10.7. The van der Waals surface area contributed by atoms with Crippen molar-refractivity contribution in [2.75, 3.05) is 13.7 Å². The molecule has 1 N–H and O–H groups in total. The lowest BCUT2D eigenvalue weighted by atomic mass is 9.98. The molecule has 0 bridgehead atoms. The number of carbonyl (C=O) groups is 1. The summed E-state index contributed by atoms with van der Waals surface area (Å²) in [5, 5.41) is 3.12. The molecule has 1 atom stereocenters. The summed E-state index contributed by atoms with van der Waals surface area (Å²) in [5.41, 5.74) is 2.04. The molecule has 0 heterocycles. The van der Waals surface area contributed by atoms with E-state index >= 15 is 0 Å². The lowest BCUT2D eigenvalue weighted by molar-refractivity contribution is -0.121. The van der Waals surface area contributed by atoms with Gasteiger partial charge in [-0.2, -0.15) is 0 Å². The van der Waals surface area contributed by atoms with Gasteiger partial charge in [0.1, 0.15) is 11.5 Å². The Balaban J connectivity index is 2.28. The van der Waals surface area contributed by atoms with Crippen LogP contribution in [-0.2, 0) is 4.79 Å². The van der Waals surface area contributed by atoms with Crippen molar-refractivity contribution in [2.24, 2.45) is 0 Å². The maximum absolute atomic E-state index is 12.1. The number of nitrogens with one attached hydrogen (secondary N) is 1. The molecule has 2 aromatic carbocycles. The van der Waals surface area contributed by atoms with Gasteiger partial charge in [-0.05, 0) is 48.7 Å². The molecule has 0 saturated heterocycles. The van der Waals surface area contributed by atoms with E-state index in [4.69, 9.17) is 9.47 Å². The zero-order valence-corrected chi connectivity index (χ0v) is 14.5. The molecule has 2 rings (SSSR count). The molecule has 128 valence electrons. The second kappa shape index (κ2) is 8.96. The minimum Gasteiger partial charge on any atom is -0.497 e. The second-order valence-corrected chi connectivity index (χ2v) is 5.53. The molecule has 0 radical (unpaired) electrons. The summed E-state index contributed by atoms with van der Waals surface area (Å²) in [7, 11) is 1.64. The fourth-order valence-corrected chi connectivity index (χ4v) is 2.54. The van der Waals surface area contributed by atoms with Crippen LogP contribution in [0.1, 0.15) is 43.9 Å². The Morgan fingerprint density at radius 2 is 1.50 bits per heavy atom. The van der Waals surface area contributed by atoms with Gasteiger partial charge in [-0.25, -0.2) is 0 Å². The van der Waals surface area contributed by atoms with E-state index in [1.807, 2.05) is 62.4 Å². The fraction of sp³-hybridized carbons (Fsp3) is 0.350. The van der Waals surface area contributed by atoms with Crippen molar-refractivity contribution in [3.05, 3.63) is 59.7 Å². The number of carbonyl (C=O) groups excluding carboxylic acids is 1. The number of hydrogen-bond acceptors (Lipinski definition) is 3. The largest absolute Gasteiger partial charge is 0.497 e. The van der Waals surface area contributed by atoms with Crippen molar-refractivity contribution in [2.45, 2.75) is 32.7 Å². The van der Waals surface area contributed by atoms with E-state index in [2.05, 4.69) is 5.32 Å². The van der Waals surface area contributed by atoms with Crippen molar-refractivity contribution < 1.29 is 14.3 Å². The average molecular weight is 327 g/mol. The first-order valence-electron chi connectivity index (χ1n) is 8.34. The molecule has 0 saturated carbocycles. The Kier molecular flexibility index (Phi) is 6.67. The maximum Gasteiger partial charge on any atom is 0.220 e. The summed E-state index contributed by atoms with van der Waals surface area (Å²) in [6, 6.07) is 15.4. The van der Waals surface area contributed by atoms with E-state index in [9.17, 15) is 4.79 Å². The van der Waals surface area contributed by atoms with Gasteiger partial charge in [0.15, 0.2) is 0 Å². The highest BCUT2D eigenvalue weighted by molar-refractivity contribution is 5.77. The molecule has 0 aliphatic carbocycles. The Bertz CT molecular complexity index is 635. The van der Waals surface area contributed by atoms with E-state index < -0.39 is 0 Å². The first-order chi connectivity index (χ1) is 11.7. The Labute approximate surface area is 143 Å². The van der Waals surface area contributed by atoms with Crippen molar-refractivity contribution in [1.29, 1.82) is 0 Å². The van der Waals surface area contributed by atoms with Gasteiger partial charge in [0.2, 0.25) is 5.91 Å². The van der Waals surface area contributed by atoms with Crippen LogP contribution in [0, 0.1) is 0 Å². The SMILES string of the molecule is CCCC(=O)N[C@@H](c1ccc(OC)cc1)c1ccc(OCC)cc1. The summed E-state index contributed by atoms with van der Waals surface area (Å²) in [5.74, 6) is 1.67. The highest BCUT2D eigenvalue weighted by atomic mass is 16.5. The number of rotatable bonds is 8. The molecule has 4 nitrogen and oxygen atoms in total. The zero-order chi connectivity index (χ0) is 17.4. The first kappa shape index (κ1) is 17.9. The Morgan fingerprint density at radius 1 is 0.958 bits per heavy atom. The van der Waals surface area contributed by atoms with Crippen molar-refractivity contribution >= 4 is 5.91 Å². The van der Waals surface area contributed by atoms with Gasteiger partial charge in [0.05, 0.1) is 19.8 Å². The molecule has 2 aromatic rings. The third kappa shape index (κ3) is 4.75. The van der Waals surface area contributed by atoms with Crippen LogP contribution >= 0.6 is 0 Å². The van der Waals surface area contributed by atoms with Crippen LogP contribution in [0.25, 0.3) is 0 Å². The number of amides is 1. The molecule has 0 aromatic heterocycles. The maximum atomic E-state index is 12.1. The number of ether oxygens (including phenoxy) is 2. The van der Waals surface area contributed by atoms with Crippen LogP contribution in [0.2, 0.25) is 0 Å². The van der Waals surface area contributed by atoms with Gasteiger partial charge < -0.3 is 14.8 Å². The van der Waals surface area contributed by atoms with Gasteiger partial charge in [-0.1, -0.05) is 31.2 Å². The lowest BCUT2D eigenvalue weighted by Crippen LogP contribution is -2.28. The first-order valence-corrected chi connectivity index (χ1v) is 8.34. The Morgan fingerprint density at radius 3 is 1.96 bits per heavy atom. The molecule has 0 spiro atoms. The molecular weight excluding hydrogens is 302 g/mol. The van der Waals surface area contributed by atoms with Crippen molar-refractivity contribution in [1.82, 2.24) is 5.32 Å². The lowest BCUT2D eigenvalue weighted by Gasteiger charge is -2.20. The predicted octanol–water partition coefficient (Wildman–Crippen LogP) is 4.10. The van der Waals surface area contributed by atoms with Crippen molar-refractivity contribution in [3.63, 3.8) is 0 Å². The van der Waals surface area contributed by atoms with Gasteiger partial charge >= 0.3 is 0 Å². The quantitative estimate of drug-likeness (QED) is 0.794. The average Bonchev–Trinajstić information content (AvgIpc) is 2.61. The van der Waals surface area contributed by atoms with E-state index in [0.717, 1.165) is 29.0 Å². The van der Waals surface area contributed by atoms with E-state index in [1.54, 1.807) is 7.11 Å². The summed E-state index contributed by atoms with van der Waals surface area (Å²) in [4.78, 5) is 12.1. The molecule has 0 aliphatic heterocycles. The normalized spacial score (nSPS) is 11.6. The predicted molar refractivity (Wildman–Crippen MR) is 95.5 cm³/mol. The van der Waals surface area contributed by atoms with Crippen LogP contribution in [0.3, 0.4) is 0 Å². The van der Waals surface area contributed by atoms with Crippen LogP contribution < -0.4 is 14.8 Å². The zero-order valence-electron chi connectivity index (χ0n) is 14.5. The van der Waals surface area contributed by atoms with Crippen LogP contribution in [-0.4, -0.2) is 19.6 Å². The molecule has 0 unspecified atom stereocenters. The van der Waals surface area contributed by atoms with Crippen molar-refractivity contribution in [3.8, 4) is 11.5 Å². The second-order valence-electron chi connectivity index (χ2n) is 5.53. The topological polar surface area (TPSA) is 47.6 Å². The number of benzene rings is 2. The standard InChI is InChI=1S/C20H25NO3/c1-4-6-19(22)21-20(15-7-11-17(23-3)12-8-15)16-9-13-18(14-10-16)24-5-2/h7-14,20H,4-6H2,1-3H3,(H,21,22)/t20-/m0/s1. The molecule has 0 aliphatic rings. The molecule has 4 heteroatoms. The molecule has 1 amide bonds. The summed E-state index contributed by atoms with van der Waals surface area (Å²) in [6.45, 7) is 4.59.